The molecule has 108 valence electrons. The van der Waals surface area contributed by atoms with E-state index in [1.807, 2.05) is 19.9 Å². The number of rotatable bonds is 2. The van der Waals surface area contributed by atoms with Crippen molar-refractivity contribution in [2.75, 3.05) is 0 Å². The van der Waals surface area contributed by atoms with Gasteiger partial charge in [0.15, 0.2) is 0 Å². The number of hydrogen-bond acceptors (Lipinski definition) is 3. The van der Waals surface area contributed by atoms with Crippen LogP contribution in [-0.2, 0) is 9.59 Å². The van der Waals surface area contributed by atoms with E-state index in [4.69, 9.17) is 0 Å². The fraction of sp³-hybridized carbons (Fsp3) is 0.438. The number of aromatic amines is 1. The van der Waals surface area contributed by atoms with Gasteiger partial charge in [0.05, 0.1) is 18.1 Å². The number of hydrazone groups is 1. The number of imide groups is 1. The molecule has 1 aliphatic heterocycles. The third-order valence-corrected chi connectivity index (χ3v) is 4.95. The zero-order valence-electron chi connectivity index (χ0n) is 12.0. The largest absolute Gasteiger partial charge is 0.362 e. The summed E-state index contributed by atoms with van der Waals surface area (Å²) in [6.45, 7) is 3.91. The van der Waals surface area contributed by atoms with Gasteiger partial charge in [-0.15, -0.1) is 0 Å². The van der Waals surface area contributed by atoms with Crippen LogP contribution in [0, 0.1) is 37.5 Å². The molecule has 0 spiro atoms. The van der Waals surface area contributed by atoms with Crippen LogP contribution in [-0.4, -0.2) is 28.0 Å². The summed E-state index contributed by atoms with van der Waals surface area (Å²) in [6.07, 6.45) is 6.72. The molecule has 3 aliphatic rings. The molecule has 4 rings (SSSR count). The van der Waals surface area contributed by atoms with Gasteiger partial charge in [0.25, 0.3) is 11.8 Å². The molecule has 0 unspecified atom stereocenters. The minimum atomic E-state index is -0.182. The number of H-pyrrole nitrogens is 1. The Morgan fingerprint density at radius 2 is 1.81 bits per heavy atom. The minimum Gasteiger partial charge on any atom is -0.362 e. The van der Waals surface area contributed by atoms with Crippen LogP contribution in [0.2, 0.25) is 0 Å². The molecule has 5 nitrogen and oxygen atoms in total. The predicted molar refractivity (Wildman–Crippen MR) is 77.4 cm³/mol. The van der Waals surface area contributed by atoms with Crippen LogP contribution in [0.25, 0.3) is 0 Å². The molecule has 1 saturated heterocycles. The number of aromatic nitrogens is 1. The van der Waals surface area contributed by atoms with Crippen molar-refractivity contribution in [2.24, 2.45) is 28.8 Å². The Kier molecular flexibility index (Phi) is 2.49. The van der Waals surface area contributed by atoms with Crippen molar-refractivity contribution in [2.45, 2.75) is 20.3 Å². The summed E-state index contributed by atoms with van der Waals surface area (Å²) < 4.78 is 0. The van der Waals surface area contributed by atoms with E-state index in [0.717, 1.165) is 28.4 Å². The zero-order valence-corrected chi connectivity index (χ0v) is 12.0. The average molecular weight is 283 g/mol. The number of carbonyl (C=O) groups excluding carboxylic acids is 2. The monoisotopic (exact) mass is 283 g/mol. The number of aryl methyl sites for hydroxylation is 2. The van der Waals surface area contributed by atoms with Crippen molar-refractivity contribution in [3.63, 3.8) is 0 Å². The molecule has 1 N–H and O–H groups in total. The molecule has 0 radical (unpaired) electrons. The third kappa shape index (κ3) is 1.66. The lowest BCUT2D eigenvalue weighted by Crippen LogP contribution is -2.28. The minimum absolute atomic E-state index is 0.136. The highest BCUT2D eigenvalue weighted by atomic mass is 16.2. The Bertz CT molecular complexity index is 670. The summed E-state index contributed by atoms with van der Waals surface area (Å²) in [6, 6.07) is 1.95. The lowest BCUT2D eigenvalue weighted by Gasteiger charge is -2.13. The van der Waals surface area contributed by atoms with Gasteiger partial charge in [0.2, 0.25) is 0 Å². The van der Waals surface area contributed by atoms with Crippen LogP contribution >= 0.6 is 0 Å². The van der Waals surface area contributed by atoms with Crippen LogP contribution in [0.15, 0.2) is 23.3 Å². The maximum absolute atomic E-state index is 12.4. The summed E-state index contributed by atoms with van der Waals surface area (Å²) in [5.74, 6) is -0.177. The van der Waals surface area contributed by atoms with E-state index in [-0.39, 0.29) is 35.5 Å². The summed E-state index contributed by atoms with van der Waals surface area (Å²) in [5, 5.41) is 5.26. The molecule has 5 heteroatoms. The number of carbonyl (C=O) groups is 2. The van der Waals surface area contributed by atoms with E-state index < -0.39 is 0 Å². The first-order chi connectivity index (χ1) is 10.1. The second-order valence-electron chi connectivity index (χ2n) is 6.27. The van der Waals surface area contributed by atoms with E-state index in [2.05, 4.69) is 22.2 Å². The van der Waals surface area contributed by atoms with Gasteiger partial charge in [-0.05, 0) is 38.2 Å². The lowest BCUT2D eigenvalue weighted by atomic mass is 9.85. The summed E-state index contributed by atoms with van der Waals surface area (Å²) in [4.78, 5) is 28.1. The van der Waals surface area contributed by atoms with E-state index in [1.165, 1.54) is 0 Å². The van der Waals surface area contributed by atoms with Crippen molar-refractivity contribution in [3.05, 3.63) is 35.2 Å². The molecule has 1 saturated carbocycles. The highest BCUT2D eigenvalue weighted by Crippen LogP contribution is 2.52. The molecule has 1 aromatic heterocycles. The quantitative estimate of drug-likeness (QED) is 0.511. The molecule has 2 amide bonds. The number of fused-ring (bicyclic) bond motifs is 5. The first-order valence-electron chi connectivity index (χ1n) is 7.32. The first kappa shape index (κ1) is 12.6. The number of nitrogens with one attached hydrogen (secondary N) is 1. The SMILES string of the molecule is Cc1cc(C=NN2C(=O)[C@@H]3[C@H](C2=O)[C@H]2C=C[C@H]3C2)c(C)[nH]1. The zero-order chi connectivity index (χ0) is 14.7. The van der Waals surface area contributed by atoms with Gasteiger partial charge >= 0.3 is 0 Å². The Hall–Kier alpha value is -2.17. The number of nitrogens with zero attached hydrogens (tertiary/aromatic N) is 2. The topological polar surface area (TPSA) is 65.5 Å². The van der Waals surface area contributed by atoms with Gasteiger partial charge in [-0.25, -0.2) is 0 Å². The molecule has 2 bridgehead atoms. The van der Waals surface area contributed by atoms with E-state index in [9.17, 15) is 9.59 Å². The Morgan fingerprint density at radius 1 is 1.19 bits per heavy atom. The van der Waals surface area contributed by atoms with Crippen LogP contribution in [0.5, 0.6) is 0 Å². The van der Waals surface area contributed by atoms with Crippen molar-refractivity contribution in [3.8, 4) is 0 Å². The van der Waals surface area contributed by atoms with Gasteiger partial charge in [-0.1, -0.05) is 12.2 Å². The fourth-order valence-electron chi connectivity index (χ4n) is 4.00. The number of amides is 2. The molecule has 2 fully saturated rings. The predicted octanol–water partition coefficient (Wildman–Crippen LogP) is 1.77. The maximum Gasteiger partial charge on any atom is 0.254 e. The molecule has 0 aromatic carbocycles. The van der Waals surface area contributed by atoms with Crippen LogP contribution in [0.3, 0.4) is 0 Å². The lowest BCUT2D eigenvalue weighted by molar-refractivity contribution is -0.140. The molecular formula is C16H17N3O2. The van der Waals surface area contributed by atoms with Gasteiger partial charge in [-0.2, -0.15) is 10.1 Å². The Labute approximate surface area is 122 Å². The molecule has 1 aromatic rings. The van der Waals surface area contributed by atoms with Crippen molar-refractivity contribution < 1.29 is 9.59 Å². The fourth-order valence-corrected chi connectivity index (χ4v) is 4.00. The third-order valence-electron chi connectivity index (χ3n) is 4.95. The van der Waals surface area contributed by atoms with Crippen molar-refractivity contribution in [1.82, 2.24) is 9.99 Å². The molecular weight excluding hydrogens is 266 g/mol. The van der Waals surface area contributed by atoms with Crippen LogP contribution in [0.1, 0.15) is 23.4 Å². The number of allylic oxidation sites excluding steroid dienone is 2. The first-order valence-corrected chi connectivity index (χ1v) is 7.32. The molecule has 2 aliphatic carbocycles. The summed E-state index contributed by atoms with van der Waals surface area (Å²) in [5.41, 5.74) is 2.93. The molecule has 4 atom stereocenters. The Balaban J connectivity index is 1.61. The van der Waals surface area contributed by atoms with Crippen molar-refractivity contribution >= 4 is 18.0 Å². The van der Waals surface area contributed by atoms with E-state index >= 15 is 0 Å². The van der Waals surface area contributed by atoms with Gasteiger partial charge in [-0.3, -0.25) is 9.59 Å². The van der Waals surface area contributed by atoms with Crippen LogP contribution in [0.4, 0.5) is 0 Å². The standard InChI is InChI=1S/C16H17N3O2/c1-8-5-12(9(2)18-8)7-17-19-15(20)13-10-3-4-11(6-10)14(13)16(19)21/h3-5,7,10-11,13-14,18H,6H2,1-2H3/t10-,11-,13-,14+/m0/s1. The average Bonchev–Trinajstić information content (AvgIpc) is 3.15. The van der Waals surface area contributed by atoms with Crippen molar-refractivity contribution in [1.29, 1.82) is 0 Å². The van der Waals surface area contributed by atoms with Crippen LogP contribution < -0.4 is 0 Å². The molecule has 2 heterocycles. The van der Waals surface area contributed by atoms with Gasteiger partial charge < -0.3 is 4.98 Å². The smallest absolute Gasteiger partial charge is 0.254 e. The second-order valence-corrected chi connectivity index (χ2v) is 6.27. The van der Waals surface area contributed by atoms with Gasteiger partial charge in [0, 0.05) is 17.0 Å². The maximum atomic E-state index is 12.4. The highest BCUT2D eigenvalue weighted by molar-refractivity contribution is 6.06. The normalized spacial score (nSPS) is 33.7. The van der Waals surface area contributed by atoms with E-state index in [1.54, 1.807) is 6.21 Å². The second kappa shape index (κ2) is 4.16. The summed E-state index contributed by atoms with van der Waals surface area (Å²) >= 11 is 0. The number of hydrogen-bond donors (Lipinski definition) is 1. The van der Waals surface area contributed by atoms with Gasteiger partial charge in [0.1, 0.15) is 0 Å². The van der Waals surface area contributed by atoms with E-state index in [0.29, 0.717) is 0 Å². The highest BCUT2D eigenvalue weighted by Gasteiger charge is 2.59. The molecule has 21 heavy (non-hydrogen) atoms. The summed E-state index contributed by atoms with van der Waals surface area (Å²) in [7, 11) is 0. The Morgan fingerprint density at radius 3 is 2.33 bits per heavy atom.